The number of nitrogens with one attached hydrogen (secondary N) is 1. The summed E-state index contributed by atoms with van der Waals surface area (Å²) in [6.45, 7) is 0. The van der Waals surface area contributed by atoms with Gasteiger partial charge in [0, 0.05) is 17.8 Å². The van der Waals surface area contributed by atoms with Gasteiger partial charge in [0.2, 0.25) is 0 Å². The molecule has 0 unspecified atom stereocenters. The van der Waals surface area contributed by atoms with Crippen LogP contribution in [0.2, 0.25) is 4.34 Å². The van der Waals surface area contributed by atoms with Gasteiger partial charge in [0.15, 0.2) is 0 Å². The largest absolute Gasteiger partial charge is 0.306 e. The molecule has 0 spiro atoms. The van der Waals surface area contributed by atoms with Crippen LogP contribution >= 0.6 is 22.9 Å². The van der Waals surface area contributed by atoms with E-state index in [0.717, 1.165) is 5.56 Å². The van der Waals surface area contributed by atoms with Gasteiger partial charge in [0.05, 0.1) is 0 Å². The highest BCUT2D eigenvalue weighted by Crippen LogP contribution is 2.29. The van der Waals surface area contributed by atoms with Gasteiger partial charge in [-0.2, -0.15) is 0 Å². The zero-order valence-electron chi connectivity index (χ0n) is 6.45. The van der Waals surface area contributed by atoms with Crippen LogP contribution < -0.4 is 5.56 Å². The molecule has 0 bridgehead atoms. The number of nitrogens with zero attached hydrogens (tertiary/aromatic N) is 1. The molecule has 0 saturated heterocycles. The highest BCUT2D eigenvalue weighted by molar-refractivity contribution is 7.15. The number of hydrogen-bond donors (Lipinski definition) is 1. The van der Waals surface area contributed by atoms with Crippen LogP contribution in [-0.2, 0) is 0 Å². The quantitative estimate of drug-likeness (QED) is 0.788. The lowest BCUT2D eigenvalue weighted by Crippen LogP contribution is -2.05. The van der Waals surface area contributed by atoms with Crippen molar-refractivity contribution in [2.75, 3.05) is 0 Å². The van der Waals surface area contributed by atoms with Crippen molar-refractivity contribution in [3.05, 3.63) is 38.4 Å². The molecule has 3 nitrogen and oxygen atoms in total. The second-order valence-corrected chi connectivity index (χ2v) is 3.91. The lowest BCUT2D eigenvalue weighted by atomic mass is 10.3. The Bertz CT molecular complexity index is 477. The Morgan fingerprint density at radius 1 is 1.46 bits per heavy atom. The van der Waals surface area contributed by atoms with Crippen LogP contribution in [0, 0.1) is 0 Å². The number of halogens is 1. The third-order valence-corrected chi connectivity index (χ3v) is 2.71. The lowest BCUT2D eigenvalue weighted by molar-refractivity contribution is 1.13. The molecule has 0 aliphatic rings. The monoisotopic (exact) mass is 212 g/mol. The standard InChI is InChI=1S/C8H5ClN2OS/c9-7-5(2-4-13-7)8-10-3-1-6(12)11-8/h1-4H,(H,10,11,12). The minimum absolute atomic E-state index is 0.174. The van der Waals surface area contributed by atoms with Crippen molar-refractivity contribution in [2.45, 2.75) is 0 Å². The summed E-state index contributed by atoms with van der Waals surface area (Å²) < 4.78 is 0.634. The maximum absolute atomic E-state index is 11.0. The van der Waals surface area contributed by atoms with E-state index in [1.54, 1.807) is 0 Å². The van der Waals surface area contributed by atoms with Crippen molar-refractivity contribution in [1.82, 2.24) is 9.97 Å². The molecule has 0 aliphatic carbocycles. The van der Waals surface area contributed by atoms with Crippen molar-refractivity contribution in [3.63, 3.8) is 0 Å². The van der Waals surface area contributed by atoms with Crippen molar-refractivity contribution in [2.24, 2.45) is 0 Å². The van der Waals surface area contributed by atoms with Gasteiger partial charge in [-0.25, -0.2) is 4.98 Å². The first kappa shape index (κ1) is 8.47. The second kappa shape index (κ2) is 3.32. The Morgan fingerprint density at radius 3 is 2.92 bits per heavy atom. The highest BCUT2D eigenvalue weighted by atomic mass is 35.5. The predicted molar refractivity (Wildman–Crippen MR) is 53.2 cm³/mol. The highest BCUT2D eigenvalue weighted by Gasteiger charge is 2.05. The zero-order valence-corrected chi connectivity index (χ0v) is 8.02. The molecule has 0 aliphatic heterocycles. The Labute approximate surface area is 83.0 Å². The van der Waals surface area contributed by atoms with Crippen molar-refractivity contribution in [1.29, 1.82) is 0 Å². The van der Waals surface area contributed by atoms with Gasteiger partial charge in [0.1, 0.15) is 10.2 Å². The molecule has 0 saturated carbocycles. The number of H-pyrrole nitrogens is 1. The van der Waals surface area contributed by atoms with Crippen LogP contribution in [0.5, 0.6) is 0 Å². The van der Waals surface area contributed by atoms with E-state index in [1.165, 1.54) is 23.6 Å². The molecule has 2 aromatic heterocycles. The summed E-state index contributed by atoms with van der Waals surface area (Å²) in [6, 6.07) is 3.19. The molecular formula is C8H5ClN2OS. The first-order valence-electron chi connectivity index (χ1n) is 3.56. The van der Waals surface area contributed by atoms with Gasteiger partial charge in [-0.3, -0.25) is 4.79 Å². The minimum atomic E-state index is -0.174. The Morgan fingerprint density at radius 2 is 2.31 bits per heavy atom. The molecular weight excluding hydrogens is 208 g/mol. The third-order valence-electron chi connectivity index (χ3n) is 1.54. The van der Waals surface area contributed by atoms with E-state index in [0.29, 0.717) is 10.2 Å². The van der Waals surface area contributed by atoms with E-state index in [-0.39, 0.29) is 5.56 Å². The zero-order chi connectivity index (χ0) is 9.26. The maximum atomic E-state index is 11.0. The van der Waals surface area contributed by atoms with E-state index >= 15 is 0 Å². The molecule has 5 heteroatoms. The molecule has 2 aromatic rings. The Kier molecular flexibility index (Phi) is 2.16. The average Bonchev–Trinajstić information content (AvgIpc) is 2.51. The molecule has 2 rings (SSSR count). The number of hydrogen-bond acceptors (Lipinski definition) is 3. The maximum Gasteiger partial charge on any atom is 0.251 e. The number of aromatic amines is 1. The number of rotatable bonds is 1. The van der Waals surface area contributed by atoms with Crippen molar-refractivity contribution >= 4 is 22.9 Å². The normalized spacial score (nSPS) is 10.2. The minimum Gasteiger partial charge on any atom is -0.306 e. The van der Waals surface area contributed by atoms with E-state index < -0.39 is 0 Å². The topological polar surface area (TPSA) is 45.8 Å². The molecule has 2 heterocycles. The first-order chi connectivity index (χ1) is 6.27. The van der Waals surface area contributed by atoms with Gasteiger partial charge in [-0.15, -0.1) is 11.3 Å². The molecule has 0 amide bonds. The molecule has 1 N–H and O–H groups in total. The van der Waals surface area contributed by atoms with Crippen LogP contribution in [0.25, 0.3) is 11.4 Å². The molecule has 13 heavy (non-hydrogen) atoms. The van der Waals surface area contributed by atoms with E-state index in [1.807, 2.05) is 11.4 Å². The summed E-state index contributed by atoms with van der Waals surface area (Å²) in [5.41, 5.74) is 0.594. The van der Waals surface area contributed by atoms with Crippen molar-refractivity contribution < 1.29 is 0 Å². The van der Waals surface area contributed by atoms with Crippen LogP contribution in [0.1, 0.15) is 0 Å². The molecule has 0 atom stereocenters. The van der Waals surface area contributed by atoms with Crippen LogP contribution in [0.15, 0.2) is 28.5 Å². The summed E-state index contributed by atoms with van der Waals surface area (Å²) in [6.07, 6.45) is 1.46. The Balaban J connectivity index is 2.59. The number of thiophene rings is 1. The van der Waals surface area contributed by atoms with Crippen molar-refractivity contribution in [3.8, 4) is 11.4 Å². The Hall–Kier alpha value is -1.13. The smallest absolute Gasteiger partial charge is 0.251 e. The SMILES string of the molecule is O=c1ccnc(-c2ccsc2Cl)[nH]1. The predicted octanol–water partition coefficient (Wildman–Crippen LogP) is 2.15. The van der Waals surface area contributed by atoms with Crippen LogP contribution in [0.4, 0.5) is 0 Å². The van der Waals surface area contributed by atoms with Gasteiger partial charge in [-0.1, -0.05) is 11.6 Å². The molecule has 0 fully saturated rings. The first-order valence-corrected chi connectivity index (χ1v) is 4.82. The fraction of sp³-hybridized carbons (Fsp3) is 0. The third kappa shape index (κ3) is 1.64. The fourth-order valence-electron chi connectivity index (χ4n) is 0.970. The van der Waals surface area contributed by atoms with Gasteiger partial charge < -0.3 is 4.98 Å². The summed E-state index contributed by atoms with van der Waals surface area (Å²) in [4.78, 5) is 17.6. The van der Waals surface area contributed by atoms with Crippen LogP contribution in [-0.4, -0.2) is 9.97 Å². The summed E-state index contributed by atoms with van der Waals surface area (Å²) in [5.74, 6) is 0.513. The molecule has 0 aromatic carbocycles. The number of aromatic nitrogens is 2. The van der Waals surface area contributed by atoms with Gasteiger partial charge in [-0.05, 0) is 11.4 Å². The van der Waals surface area contributed by atoms with E-state index in [4.69, 9.17) is 11.6 Å². The molecule has 0 radical (unpaired) electrons. The van der Waals surface area contributed by atoms with E-state index in [2.05, 4.69) is 9.97 Å². The summed E-state index contributed by atoms with van der Waals surface area (Å²) in [5, 5.41) is 1.85. The fourth-order valence-corrected chi connectivity index (χ4v) is 1.89. The van der Waals surface area contributed by atoms with E-state index in [9.17, 15) is 4.79 Å². The summed E-state index contributed by atoms with van der Waals surface area (Å²) in [7, 11) is 0. The molecule has 66 valence electrons. The average molecular weight is 213 g/mol. The second-order valence-electron chi connectivity index (χ2n) is 2.39. The van der Waals surface area contributed by atoms with Gasteiger partial charge >= 0.3 is 0 Å². The summed E-state index contributed by atoms with van der Waals surface area (Å²) >= 11 is 7.29. The van der Waals surface area contributed by atoms with Gasteiger partial charge in [0.25, 0.3) is 5.56 Å². The van der Waals surface area contributed by atoms with Crippen LogP contribution in [0.3, 0.4) is 0 Å². The lowest BCUT2D eigenvalue weighted by Gasteiger charge is -1.95.